The molecule has 3 aromatic rings. The van der Waals surface area contributed by atoms with Crippen molar-refractivity contribution < 1.29 is 19.5 Å². The summed E-state index contributed by atoms with van der Waals surface area (Å²) in [5.74, 6) is -3.98. The monoisotopic (exact) mass is 516 g/mol. The van der Waals surface area contributed by atoms with Crippen LogP contribution in [-0.2, 0) is 15.2 Å². The smallest absolute Gasteiger partial charge is 0.231 e. The topological polar surface area (TPSA) is 95.5 Å². The highest BCUT2D eigenvalue weighted by Crippen LogP contribution is 2.62. The molecule has 170 valence electrons. The van der Waals surface area contributed by atoms with E-state index in [-0.39, 0.29) is 18.1 Å². The lowest BCUT2D eigenvalue weighted by Crippen LogP contribution is -2.44. The standard InChI is InChI=1S/C27H21BrN2O4/c28-15-11-9-14(10-12-15)22-18-13-21(31)29-20-8-4-2-6-17(20)27(18,34)24-23(22)25(32)16-5-1-3-7-19(16)30-26(24)33/h1-12,18,22-24,34H,13H2,(H,29,31)(H,30,33)/t18-,22-,23+,24+,27+/m0/s1. The zero-order valence-corrected chi connectivity index (χ0v) is 19.6. The predicted octanol–water partition coefficient (Wildman–Crippen LogP) is 4.46. The van der Waals surface area contributed by atoms with Gasteiger partial charge in [-0.15, -0.1) is 0 Å². The van der Waals surface area contributed by atoms with Crippen molar-refractivity contribution in [2.24, 2.45) is 17.8 Å². The maximum absolute atomic E-state index is 14.1. The van der Waals surface area contributed by atoms with E-state index in [2.05, 4.69) is 26.6 Å². The van der Waals surface area contributed by atoms with Gasteiger partial charge in [-0.2, -0.15) is 0 Å². The van der Waals surface area contributed by atoms with Gasteiger partial charge in [0.1, 0.15) is 5.60 Å². The van der Waals surface area contributed by atoms with Crippen molar-refractivity contribution in [1.29, 1.82) is 0 Å². The number of ketones is 1. The first kappa shape index (κ1) is 21.3. The number of nitrogens with one attached hydrogen (secondary N) is 2. The van der Waals surface area contributed by atoms with Crippen LogP contribution in [0.1, 0.15) is 33.8 Å². The summed E-state index contributed by atoms with van der Waals surface area (Å²) in [6, 6.07) is 21.5. The molecule has 2 aliphatic heterocycles. The van der Waals surface area contributed by atoms with Gasteiger partial charge in [0, 0.05) is 45.5 Å². The molecule has 0 spiro atoms. The van der Waals surface area contributed by atoms with Gasteiger partial charge in [0.15, 0.2) is 5.78 Å². The van der Waals surface area contributed by atoms with Gasteiger partial charge in [0.25, 0.3) is 0 Å². The minimum atomic E-state index is -1.72. The van der Waals surface area contributed by atoms with E-state index < -0.39 is 35.2 Å². The third-order valence-electron chi connectivity index (χ3n) is 7.55. The van der Waals surface area contributed by atoms with E-state index in [0.29, 0.717) is 22.5 Å². The number of aliphatic hydroxyl groups is 1. The summed E-state index contributed by atoms with van der Waals surface area (Å²) in [6.07, 6.45) is -0.0128. The van der Waals surface area contributed by atoms with Crippen molar-refractivity contribution in [3.05, 3.63) is 94.0 Å². The molecular weight excluding hydrogens is 496 g/mol. The molecule has 0 aromatic heterocycles. The summed E-state index contributed by atoms with van der Waals surface area (Å²) < 4.78 is 0.875. The summed E-state index contributed by atoms with van der Waals surface area (Å²) in [6.45, 7) is 0. The van der Waals surface area contributed by atoms with Crippen LogP contribution >= 0.6 is 15.9 Å². The van der Waals surface area contributed by atoms with E-state index in [1.807, 2.05) is 24.3 Å². The molecule has 3 N–H and O–H groups in total. The average molecular weight is 517 g/mol. The number of carbonyl (C=O) groups is 3. The van der Waals surface area contributed by atoms with E-state index in [0.717, 1.165) is 10.0 Å². The number of hydrogen-bond acceptors (Lipinski definition) is 4. The van der Waals surface area contributed by atoms with E-state index in [1.165, 1.54) is 0 Å². The number of halogens is 1. The Bertz CT molecular complexity index is 1350. The van der Waals surface area contributed by atoms with Crippen LogP contribution in [-0.4, -0.2) is 22.7 Å². The van der Waals surface area contributed by atoms with Gasteiger partial charge in [-0.05, 0) is 35.9 Å². The minimum absolute atomic E-state index is 0.0128. The molecule has 6 rings (SSSR count). The number of benzene rings is 3. The Morgan fingerprint density at radius 1 is 0.824 bits per heavy atom. The van der Waals surface area contributed by atoms with Crippen LogP contribution in [0.5, 0.6) is 0 Å². The van der Waals surface area contributed by atoms with Crippen molar-refractivity contribution >= 4 is 44.9 Å². The third-order valence-corrected chi connectivity index (χ3v) is 8.08. The molecule has 5 atom stereocenters. The van der Waals surface area contributed by atoms with Gasteiger partial charge >= 0.3 is 0 Å². The van der Waals surface area contributed by atoms with Crippen molar-refractivity contribution in [3.8, 4) is 0 Å². The van der Waals surface area contributed by atoms with E-state index in [4.69, 9.17) is 0 Å². The fraction of sp³-hybridized carbons (Fsp3) is 0.222. The lowest BCUT2D eigenvalue weighted by molar-refractivity contribution is -0.133. The number of Topliss-reactive ketones (excluding diaryl/α,β-unsaturated/α-hetero) is 1. The largest absolute Gasteiger partial charge is 0.384 e. The summed E-state index contributed by atoms with van der Waals surface area (Å²) in [4.78, 5) is 40.8. The fourth-order valence-corrected chi connectivity index (χ4v) is 6.49. The number of carbonyl (C=O) groups excluding carboxylic acids is 3. The highest BCUT2D eigenvalue weighted by Gasteiger charge is 2.67. The maximum atomic E-state index is 14.1. The molecule has 1 saturated carbocycles. The molecule has 2 amide bonds. The number of anilines is 2. The molecule has 0 bridgehead atoms. The molecule has 7 heteroatoms. The molecule has 0 unspecified atom stereocenters. The highest BCUT2D eigenvalue weighted by molar-refractivity contribution is 9.10. The number of hydrogen-bond donors (Lipinski definition) is 3. The van der Waals surface area contributed by atoms with Gasteiger partial charge in [-0.25, -0.2) is 0 Å². The lowest BCUT2D eigenvalue weighted by Gasteiger charge is -2.35. The molecule has 2 heterocycles. The van der Waals surface area contributed by atoms with Crippen LogP contribution in [0.25, 0.3) is 0 Å². The van der Waals surface area contributed by atoms with Crippen molar-refractivity contribution in [1.82, 2.24) is 0 Å². The average Bonchev–Trinajstić information content (AvgIpc) is 2.94. The van der Waals surface area contributed by atoms with Crippen LogP contribution < -0.4 is 10.6 Å². The van der Waals surface area contributed by atoms with E-state index in [9.17, 15) is 19.5 Å². The first-order valence-electron chi connectivity index (χ1n) is 11.2. The Morgan fingerprint density at radius 2 is 1.50 bits per heavy atom. The van der Waals surface area contributed by atoms with Gasteiger partial charge < -0.3 is 15.7 Å². The molecule has 34 heavy (non-hydrogen) atoms. The normalized spacial score (nSPS) is 29.5. The van der Waals surface area contributed by atoms with E-state index >= 15 is 0 Å². The minimum Gasteiger partial charge on any atom is -0.384 e. The van der Waals surface area contributed by atoms with Crippen LogP contribution in [0.3, 0.4) is 0 Å². The van der Waals surface area contributed by atoms with Crippen LogP contribution in [0.4, 0.5) is 11.4 Å². The van der Waals surface area contributed by atoms with E-state index in [1.54, 1.807) is 48.5 Å². The Balaban J connectivity index is 1.65. The Kier molecular flexibility index (Phi) is 4.76. The number of amides is 2. The summed E-state index contributed by atoms with van der Waals surface area (Å²) in [5.41, 5.74) is 0.886. The quantitative estimate of drug-likeness (QED) is 0.444. The fourth-order valence-electron chi connectivity index (χ4n) is 6.23. The van der Waals surface area contributed by atoms with Gasteiger partial charge in [0.05, 0.1) is 11.6 Å². The second kappa shape index (κ2) is 7.61. The number of rotatable bonds is 1. The molecule has 1 fully saturated rings. The Hall–Kier alpha value is -3.29. The second-order valence-electron chi connectivity index (χ2n) is 9.21. The molecular formula is C27H21BrN2O4. The zero-order valence-electron chi connectivity index (χ0n) is 18.0. The SMILES string of the molecule is O=C1C[C@H]2[C@H](c3ccc(Br)cc3)[C@H]3C(=O)c4ccccc4NC(=O)[C@@H]3[C@@]2(O)c2ccccc2N1. The van der Waals surface area contributed by atoms with Crippen LogP contribution in [0.15, 0.2) is 77.3 Å². The summed E-state index contributed by atoms with van der Waals surface area (Å²) in [7, 11) is 0. The predicted molar refractivity (Wildman–Crippen MR) is 130 cm³/mol. The second-order valence-corrected chi connectivity index (χ2v) is 10.1. The maximum Gasteiger partial charge on any atom is 0.231 e. The van der Waals surface area contributed by atoms with Gasteiger partial charge in [-0.3, -0.25) is 14.4 Å². The van der Waals surface area contributed by atoms with Crippen molar-refractivity contribution in [2.75, 3.05) is 10.6 Å². The van der Waals surface area contributed by atoms with Crippen molar-refractivity contribution in [2.45, 2.75) is 17.9 Å². The number of fused-ring (bicyclic) bond motifs is 6. The van der Waals surface area contributed by atoms with Crippen LogP contribution in [0, 0.1) is 17.8 Å². The third kappa shape index (κ3) is 2.93. The zero-order chi connectivity index (χ0) is 23.6. The highest BCUT2D eigenvalue weighted by atomic mass is 79.9. The lowest BCUT2D eigenvalue weighted by atomic mass is 9.74. The van der Waals surface area contributed by atoms with Gasteiger partial charge in [0.2, 0.25) is 11.8 Å². The van der Waals surface area contributed by atoms with Crippen molar-refractivity contribution in [3.63, 3.8) is 0 Å². The number of para-hydroxylation sites is 2. The molecule has 3 aromatic carbocycles. The Labute approximate surface area is 204 Å². The molecule has 3 aliphatic rings. The van der Waals surface area contributed by atoms with Crippen LogP contribution in [0.2, 0.25) is 0 Å². The van der Waals surface area contributed by atoms with Gasteiger partial charge in [-0.1, -0.05) is 58.4 Å². The summed E-state index contributed by atoms with van der Waals surface area (Å²) >= 11 is 3.46. The first-order chi connectivity index (χ1) is 16.4. The summed E-state index contributed by atoms with van der Waals surface area (Å²) in [5, 5.41) is 18.3. The molecule has 6 nitrogen and oxygen atoms in total. The molecule has 0 radical (unpaired) electrons. The Morgan fingerprint density at radius 3 is 2.26 bits per heavy atom. The molecule has 0 saturated heterocycles. The first-order valence-corrected chi connectivity index (χ1v) is 12.0. The molecule has 1 aliphatic carbocycles.